The highest BCUT2D eigenvalue weighted by atomic mass is 16.5. The van der Waals surface area contributed by atoms with E-state index in [1.54, 1.807) is 48.4 Å². The van der Waals surface area contributed by atoms with Crippen molar-refractivity contribution in [2.45, 2.75) is 13.1 Å². The van der Waals surface area contributed by atoms with Gasteiger partial charge in [-0.05, 0) is 29.8 Å². The molecule has 1 aliphatic heterocycles. The minimum Gasteiger partial charge on any atom is -0.497 e. The van der Waals surface area contributed by atoms with Gasteiger partial charge in [0.05, 0.1) is 32.4 Å². The smallest absolute Gasteiger partial charge is 0.332 e. The topological polar surface area (TPSA) is 95.7 Å². The Labute approximate surface area is 172 Å². The molecule has 3 heterocycles. The normalized spacial score (nSPS) is 14.1. The number of rotatable bonds is 5. The van der Waals surface area contributed by atoms with Crippen LogP contribution in [0.2, 0.25) is 0 Å². The molecule has 0 bridgehead atoms. The quantitative estimate of drug-likeness (QED) is 0.607. The minimum atomic E-state index is -0.544. The van der Waals surface area contributed by atoms with Crippen LogP contribution in [0.25, 0.3) is 11.0 Å². The van der Waals surface area contributed by atoms with E-state index in [-0.39, 0.29) is 24.5 Å². The number of fused-ring (bicyclic) bond motifs is 1. The van der Waals surface area contributed by atoms with Crippen LogP contribution in [0.5, 0.6) is 5.75 Å². The predicted molar refractivity (Wildman–Crippen MR) is 110 cm³/mol. The zero-order valence-electron chi connectivity index (χ0n) is 16.6. The van der Waals surface area contributed by atoms with Gasteiger partial charge in [-0.3, -0.25) is 18.7 Å². The molecular weight excluding hydrogens is 388 g/mol. The molecule has 0 N–H and O–H groups in total. The highest BCUT2D eigenvalue weighted by molar-refractivity contribution is 5.79. The lowest BCUT2D eigenvalue weighted by molar-refractivity contribution is -0.135. The van der Waals surface area contributed by atoms with Gasteiger partial charge in [-0.1, -0.05) is 12.1 Å². The van der Waals surface area contributed by atoms with Gasteiger partial charge in [-0.2, -0.15) is 0 Å². The lowest BCUT2D eigenvalue weighted by Gasteiger charge is -2.27. The Bertz CT molecular complexity index is 1180. The van der Waals surface area contributed by atoms with Crippen LogP contribution < -0.4 is 16.0 Å². The highest BCUT2D eigenvalue weighted by Gasteiger charge is 2.21. The third-order valence-electron chi connectivity index (χ3n) is 5.14. The van der Waals surface area contributed by atoms with Gasteiger partial charge in [-0.25, -0.2) is 9.78 Å². The molecule has 3 aromatic rings. The standard InChI is InChI=1S/C21H22N4O5/c1-29-16-6-4-15(5-7-16)13-25-20(27)19-17(3-2-8-22-19)24(21(25)28)14-18(26)23-9-11-30-12-10-23/h2-8H,9-14H2,1H3. The van der Waals surface area contributed by atoms with E-state index in [1.807, 2.05) is 0 Å². The molecule has 0 unspecified atom stereocenters. The molecule has 0 radical (unpaired) electrons. The summed E-state index contributed by atoms with van der Waals surface area (Å²) in [5.41, 5.74) is 0.233. The highest BCUT2D eigenvalue weighted by Crippen LogP contribution is 2.12. The lowest BCUT2D eigenvalue weighted by Crippen LogP contribution is -2.46. The molecule has 1 saturated heterocycles. The van der Waals surface area contributed by atoms with Crippen LogP contribution in [-0.4, -0.2) is 58.3 Å². The van der Waals surface area contributed by atoms with E-state index in [9.17, 15) is 14.4 Å². The number of morpholine rings is 1. The van der Waals surface area contributed by atoms with E-state index in [0.717, 1.165) is 10.1 Å². The van der Waals surface area contributed by atoms with Crippen LogP contribution in [0, 0.1) is 0 Å². The van der Waals surface area contributed by atoms with Crippen molar-refractivity contribution in [3.8, 4) is 5.75 Å². The Morgan fingerprint density at radius 2 is 1.83 bits per heavy atom. The van der Waals surface area contributed by atoms with Gasteiger partial charge in [-0.15, -0.1) is 0 Å². The molecule has 0 saturated carbocycles. The summed E-state index contributed by atoms with van der Waals surface area (Å²) >= 11 is 0. The van der Waals surface area contributed by atoms with E-state index in [0.29, 0.717) is 37.6 Å². The van der Waals surface area contributed by atoms with Crippen LogP contribution >= 0.6 is 0 Å². The van der Waals surface area contributed by atoms with E-state index >= 15 is 0 Å². The van der Waals surface area contributed by atoms with Gasteiger partial charge in [0.2, 0.25) is 5.91 Å². The number of ether oxygens (including phenoxy) is 2. The van der Waals surface area contributed by atoms with Crippen molar-refractivity contribution in [2.24, 2.45) is 0 Å². The fourth-order valence-electron chi connectivity index (χ4n) is 3.50. The Kier molecular flexibility index (Phi) is 5.62. The molecule has 2 aromatic heterocycles. The summed E-state index contributed by atoms with van der Waals surface area (Å²) in [7, 11) is 1.57. The average molecular weight is 410 g/mol. The zero-order chi connectivity index (χ0) is 21.1. The van der Waals surface area contributed by atoms with Gasteiger partial charge in [0.1, 0.15) is 12.3 Å². The average Bonchev–Trinajstić information content (AvgIpc) is 2.80. The van der Waals surface area contributed by atoms with Crippen molar-refractivity contribution in [3.05, 3.63) is 69.0 Å². The van der Waals surface area contributed by atoms with Crippen LogP contribution in [-0.2, 0) is 22.6 Å². The molecule has 1 amide bonds. The van der Waals surface area contributed by atoms with E-state index < -0.39 is 11.2 Å². The first-order chi connectivity index (χ1) is 14.6. The van der Waals surface area contributed by atoms with Crippen LogP contribution in [0.1, 0.15) is 5.56 Å². The van der Waals surface area contributed by atoms with Crippen molar-refractivity contribution in [1.29, 1.82) is 0 Å². The Balaban J connectivity index is 1.76. The maximum atomic E-state index is 13.2. The van der Waals surface area contributed by atoms with Crippen molar-refractivity contribution in [1.82, 2.24) is 19.0 Å². The number of benzene rings is 1. The second-order valence-corrected chi connectivity index (χ2v) is 6.97. The first-order valence-corrected chi connectivity index (χ1v) is 9.65. The summed E-state index contributed by atoms with van der Waals surface area (Å²) in [6.07, 6.45) is 1.50. The maximum absolute atomic E-state index is 13.2. The molecule has 156 valence electrons. The largest absolute Gasteiger partial charge is 0.497 e. The number of amides is 1. The Morgan fingerprint density at radius 3 is 2.53 bits per heavy atom. The van der Waals surface area contributed by atoms with Gasteiger partial charge in [0.15, 0.2) is 5.52 Å². The molecule has 1 aromatic carbocycles. The van der Waals surface area contributed by atoms with Gasteiger partial charge >= 0.3 is 5.69 Å². The molecule has 0 atom stereocenters. The fourth-order valence-corrected chi connectivity index (χ4v) is 3.50. The van der Waals surface area contributed by atoms with Crippen LogP contribution in [0.15, 0.2) is 52.2 Å². The monoisotopic (exact) mass is 410 g/mol. The number of hydrogen-bond donors (Lipinski definition) is 0. The number of methoxy groups -OCH3 is 1. The third kappa shape index (κ3) is 3.84. The van der Waals surface area contributed by atoms with Crippen molar-refractivity contribution in [2.75, 3.05) is 33.4 Å². The predicted octanol–water partition coefficient (Wildman–Crippen LogP) is 0.474. The minimum absolute atomic E-state index is 0.0694. The number of carbonyl (C=O) groups excluding carboxylic acids is 1. The number of carbonyl (C=O) groups is 1. The lowest BCUT2D eigenvalue weighted by atomic mass is 10.2. The number of aromatic nitrogens is 3. The van der Waals surface area contributed by atoms with Gasteiger partial charge < -0.3 is 14.4 Å². The van der Waals surface area contributed by atoms with Crippen LogP contribution in [0.4, 0.5) is 0 Å². The molecule has 1 aliphatic rings. The molecule has 0 spiro atoms. The molecule has 9 nitrogen and oxygen atoms in total. The molecule has 30 heavy (non-hydrogen) atoms. The molecule has 1 fully saturated rings. The Morgan fingerprint density at radius 1 is 1.10 bits per heavy atom. The molecule has 4 rings (SSSR count). The Hall–Kier alpha value is -3.46. The summed E-state index contributed by atoms with van der Waals surface area (Å²) < 4.78 is 12.9. The van der Waals surface area contributed by atoms with E-state index in [4.69, 9.17) is 9.47 Å². The third-order valence-corrected chi connectivity index (χ3v) is 5.14. The van der Waals surface area contributed by atoms with E-state index in [2.05, 4.69) is 4.98 Å². The summed E-state index contributed by atoms with van der Waals surface area (Å²) in [6.45, 7) is 1.81. The number of hydrogen-bond acceptors (Lipinski definition) is 6. The number of nitrogens with zero attached hydrogens (tertiary/aromatic N) is 4. The van der Waals surface area contributed by atoms with Crippen LogP contribution in [0.3, 0.4) is 0 Å². The molecule has 9 heteroatoms. The molecule has 0 aliphatic carbocycles. The van der Waals surface area contributed by atoms with Crippen molar-refractivity contribution in [3.63, 3.8) is 0 Å². The first-order valence-electron chi connectivity index (χ1n) is 9.65. The summed E-state index contributed by atoms with van der Waals surface area (Å²) in [6, 6.07) is 10.4. The summed E-state index contributed by atoms with van der Waals surface area (Å²) in [5, 5.41) is 0. The SMILES string of the molecule is COc1ccc(Cn2c(=O)c3ncccc3n(CC(=O)N3CCOCC3)c2=O)cc1. The summed E-state index contributed by atoms with van der Waals surface area (Å²) in [5.74, 6) is 0.486. The van der Waals surface area contributed by atoms with Crippen molar-refractivity contribution < 1.29 is 14.3 Å². The maximum Gasteiger partial charge on any atom is 0.332 e. The van der Waals surface area contributed by atoms with Gasteiger partial charge in [0, 0.05) is 19.3 Å². The molecular formula is C21H22N4O5. The first kappa shape index (κ1) is 19.8. The second kappa shape index (κ2) is 8.50. The summed E-state index contributed by atoms with van der Waals surface area (Å²) in [4.78, 5) is 44.8. The zero-order valence-corrected chi connectivity index (χ0v) is 16.6. The fraction of sp³-hybridized carbons (Fsp3) is 0.333. The number of pyridine rings is 1. The van der Waals surface area contributed by atoms with Crippen molar-refractivity contribution >= 4 is 16.9 Å². The van der Waals surface area contributed by atoms with E-state index in [1.165, 1.54) is 10.8 Å². The van der Waals surface area contributed by atoms with Gasteiger partial charge in [0.25, 0.3) is 5.56 Å². The second-order valence-electron chi connectivity index (χ2n) is 6.97.